The molecule has 0 spiro atoms. The van der Waals surface area contributed by atoms with Gasteiger partial charge in [0.25, 0.3) is 5.91 Å². The van der Waals surface area contributed by atoms with Gasteiger partial charge in [0.15, 0.2) is 0 Å². The Morgan fingerprint density at radius 3 is 2.20 bits per heavy atom. The number of hydrogen-bond acceptors (Lipinski definition) is 6. The van der Waals surface area contributed by atoms with Crippen molar-refractivity contribution >= 4 is 27.3 Å². The highest BCUT2D eigenvalue weighted by atomic mass is 32.2. The molecule has 3 N–H and O–H groups in total. The summed E-state index contributed by atoms with van der Waals surface area (Å²) in [5.74, 6) is 0.00514. The zero-order valence-corrected chi connectivity index (χ0v) is 25.5. The number of methoxy groups -OCH3 is 1. The van der Waals surface area contributed by atoms with Crippen LogP contribution in [0.25, 0.3) is 0 Å². The number of benzene rings is 4. The average molecular weight is 642 g/mol. The number of ether oxygens (including phenoxy) is 1. The molecule has 0 bridgehead atoms. The fourth-order valence-corrected chi connectivity index (χ4v) is 5.79. The number of rotatable bonds is 13. The van der Waals surface area contributed by atoms with Gasteiger partial charge < -0.3 is 20.5 Å². The molecule has 1 amide bonds. The van der Waals surface area contributed by atoms with Gasteiger partial charge in [0.2, 0.25) is 10.0 Å². The number of carbonyl (C=O) groups is 1. The normalized spacial score (nSPS) is 13.1. The molecule has 8 nitrogen and oxygen atoms in total. The fraction of sp³-hybridized carbons (Fsp3) is 0.242. The summed E-state index contributed by atoms with van der Waals surface area (Å²) in [6.07, 6.45) is -4.26. The van der Waals surface area contributed by atoms with Crippen LogP contribution in [0, 0.1) is 0 Å². The highest BCUT2D eigenvalue weighted by Gasteiger charge is 2.30. The van der Waals surface area contributed by atoms with Crippen LogP contribution in [0.3, 0.4) is 0 Å². The van der Waals surface area contributed by atoms with Crippen molar-refractivity contribution in [2.24, 2.45) is 0 Å². The van der Waals surface area contributed by atoms with Crippen LogP contribution in [0.1, 0.15) is 27.0 Å². The monoisotopic (exact) mass is 641 g/mol. The van der Waals surface area contributed by atoms with Gasteiger partial charge in [-0.2, -0.15) is 13.2 Å². The van der Waals surface area contributed by atoms with Crippen LogP contribution in [0.2, 0.25) is 0 Å². The molecule has 0 radical (unpaired) electrons. The Morgan fingerprint density at radius 1 is 0.889 bits per heavy atom. The Morgan fingerprint density at radius 2 is 1.56 bits per heavy atom. The van der Waals surface area contributed by atoms with E-state index in [2.05, 4.69) is 10.6 Å². The summed E-state index contributed by atoms with van der Waals surface area (Å²) in [5, 5.41) is 16.9. The van der Waals surface area contributed by atoms with Crippen molar-refractivity contribution in [3.8, 4) is 5.75 Å². The Labute approximate surface area is 260 Å². The van der Waals surface area contributed by atoms with Gasteiger partial charge in [-0.1, -0.05) is 54.6 Å². The van der Waals surface area contributed by atoms with E-state index >= 15 is 0 Å². The first-order chi connectivity index (χ1) is 21.3. The van der Waals surface area contributed by atoms with Crippen molar-refractivity contribution in [3.63, 3.8) is 0 Å². The van der Waals surface area contributed by atoms with E-state index in [1.165, 1.54) is 25.3 Å². The lowest BCUT2D eigenvalue weighted by atomic mass is 10.00. The number of anilines is 2. The Hall–Kier alpha value is -4.39. The van der Waals surface area contributed by atoms with Crippen LogP contribution in [0.4, 0.5) is 24.5 Å². The highest BCUT2D eigenvalue weighted by Crippen LogP contribution is 2.31. The Balaban J connectivity index is 1.52. The second-order valence-electron chi connectivity index (χ2n) is 10.4. The summed E-state index contributed by atoms with van der Waals surface area (Å²) >= 11 is 0. The maximum absolute atomic E-state index is 13.5. The summed E-state index contributed by atoms with van der Waals surface area (Å²) in [5.41, 5.74) is 1.22. The maximum Gasteiger partial charge on any atom is 0.416 e. The van der Waals surface area contributed by atoms with Crippen molar-refractivity contribution in [2.45, 2.75) is 31.3 Å². The highest BCUT2D eigenvalue weighted by molar-refractivity contribution is 7.92. The molecule has 12 heteroatoms. The topological polar surface area (TPSA) is 108 Å². The van der Waals surface area contributed by atoms with E-state index in [9.17, 15) is 31.5 Å². The van der Waals surface area contributed by atoms with Gasteiger partial charge in [0.1, 0.15) is 5.75 Å². The molecule has 0 heterocycles. The number of aliphatic hydroxyl groups is 1. The van der Waals surface area contributed by atoms with E-state index in [4.69, 9.17) is 4.74 Å². The van der Waals surface area contributed by atoms with Gasteiger partial charge in [0, 0.05) is 18.7 Å². The molecule has 0 aliphatic rings. The Kier molecular flexibility index (Phi) is 10.9. The molecule has 0 aromatic heterocycles. The van der Waals surface area contributed by atoms with E-state index in [0.29, 0.717) is 17.0 Å². The smallest absolute Gasteiger partial charge is 0.416 e. The summed E-state index contributed by atoms with van der Waals surface area (Å²) in [4.78, 5) is 13.5. The molecule has 4 aromatic rings. The first-order valence-electron chi connectivity index (χ1n) is 14.0. The van der Waals surface area contributed by atoms with Gasteiger partial charge in [-0.25, -0.2) is 12.7 Å². The minimum Gasteiger partial charge on any atom is -0.497 e. The SMILES string of the molecule is COc1ccc(N(c2cccc(C(=O)N[C@@H](Cc3ccccc3)[C@H](O)CNCc3cccc(C(F)(F)F)c3)c2)S(C)(=O)=O)cc1. The minimum atomic E-state index is -4.47. The second kappa shape index (κ2) is 14.6. The maximum atomic E-state index is 13.5. The third kappa shape index (κ3) is 9.30. The van der Waals surface area contributed by atoms with Gasteiger partial charge in [-0.15, -0.1) is 0 Å². The van der Waals surface area contributed by atoms with Crippen molar-refractivity contribution in [1.82, 2.24) is 10.6 Å². The van der Waals surface area contributed by atoms with Crippen LogP contribution in [-0.2, 0) is 29.2 Å². The number of hydrogen-bond donors (Lipinski definition) is 3. The lowest BCUT2D eigenvalue weighted by molar-refractivity contribution is -0.137. The van der Waals surface area contributed by atoms with Gasteiger partial charge >= 0.3 is 6.18 Å². The number of carbonyl (C=O) groups excluding carboxylic acids is 1. The number of nitrogens with one attached hydrogen (secondary N) is 2. The van der Waals surface area contributed by atoms with Crippen LogP contribution in [0.5, 0.6) is 5.75 Å². The van der Waals surface area contributed by atoms with Crippen LogP contribution in [-0.4, -0.2) is 51.5 Å². The minimum absolute atomic E-state index is 0.0204. The summed E-state index contributed by atoms with van der Waals surface area (Å²) in [7, 11) is -2.30. The van der Waals surface area contributed by atoms with Crippen LogP contribution in [0.15, 0.2) is 103 Å². The molecule has 45 heavy (non-hydrogen) atoms. The first-order valence-corrected chi connectivity index (χ1v) is 15.8. The molecular formula is C33H34F3N3O5S. The molecule has 238 valence electrons. The van der Waals surface area contributed by atoms with E-state index in [-0.39, 0.29) is 30.8 Å². The second-order valence-corrected chi connectivity index (χ2v) is 12.3. The van der Waals surface area contributed by atoms with Crippen LogP contribution >= 0.6 is 0 Å². The zero-order valence-electron chi connectivity index (χ0n) is 24.7. The summed E-state index contributed by atoms with van der Waals surface area (Å²) in [6.45, 7) is 0.0507. The molecule has 0 aliphatic carbocycles. The fourth-order valence-electron chi connectivity index (χ4n) is 4.79. The largest absolute Gasteiger partial charge is 0.497 e. The molecule has 0 aliphatic heterocycles. The lowest BCUT2D eigenvalue weighted by Gasteiger charge is -2.26. The lowest BCUT2D eigenvalue weighted by Crippen LogP contribution is -2.48. The molecule has 4 rings (SSSR count). The summed E-state index contributed by atoms with van der Waals surface area (Å²) < 4.78 is 71.2. The summed E-state index contributed by atoms with van der Waals surface area (Å²) in [6, 6.07) is 25.8. The zero-order chi connectivity index (χ0) is 32.6. The molecule has 0 saturated heterocycles. The number of sulfonamides is 1. The quantitative estimate of drug-likeness (QED) is 0.183. The van der Waals surface area contributed by atoms with Gasteiger partial charge in [0.05, 0.1) is 42.4 Å². The van der Waals surface area contributed by atoms with E-state index in [1.54, 1.807) is 42.5 Å². The van der Waals surface area contributed by atoms with Crippen molar-refractivity contribution in [1.29, 1.82) is 0 Å². The van der Waals surface area contributed by atoms with Crippen molar-refractivity contribution in [2.75, 3.05) is 24.2 Å². The van der Waals surface area contributed by atoms with Crippen LogP contribution < -0.4 is 19.7 Å². The third-order valence-electron chi connectivity index (χ3n) is 7.00. The molecule has 2 atom stereocenters. The van der Waals surface area contributed by atoms with E-state index in [0.717, 1.165) is 28.3 Å². The molecule has 0 fully saturated rings. The molecule has 0 saturated carbocycles. The predicted octanol–water partition coefficient (Wildman–Crippen LogP) is 5.30. The number of halogens is 3. The molecular weight excluding hydrogens is 607 g/mol. The van der Waals surface area contributed by atoms with Gasteiger partial charge in [-0.05, 0) is 66.1 Å². The van der Waals surface area contributed by atoms with Crippen molar-refractivity contribution < 1.29 is 36.2 Å². The predicted molar refractivity (Wildman–Crippen MR) is 167 cm³/mol. The molecule has 4 aromatic carbocycles. The standard InChI is InChI=1S/C33H34F3N3O5S/c1-44-29-16-14-27(15-17-29)39(45(2,42)43)28-13-7-11-25(20-28)32(41)38-30(19-23-8-4-3-5-9-23)31(40)22-37-21-24-10-6-12-26(18-24)33(34,35)36/h3-18,20,30-31,37,40H,19,21-22H2,1-2H3,(H,38,41)/t30-,31+/m0/s1. The first kappa shape index (κ1) is 33.5. The van der Waals surface area contributed by atoms with Crippen molar-refractivity contribution in [3.05, 3.63) is 125 Å². The number of aliphatic hydroxyl groups excluding tert-OH is 1. The Bertz CT molecular complexity index is 1680. The van der Waals surface area contributed by atoms with Gasteiger partial charge in [-0.3, -0.25) is 4.79 Å². The number of nitrogens with zero attached hydrogens (tertiary/aromatic N) is 1. The molecule has 0 unspecified atom stereocenters. The third-order valence-corrected chi connectivity index (χ3v) is 8.08. The number of alkyl halides is 3. The average Bonchev–Trinajstić information content (AvgIpc) is 3.01. The number of amides is 1. The van der Waals surface area contributed by atoms with E-state index < -0.39 is 39.8 Å². The van der Waals surface area contributed by atoms with E-state index in [1.807, 2.05) is 30.3 Å².